The molecule has 0 heterocycles. The van der Waals surface area contributed by atoms with Crippen molar-refractivity contribution in [2.45, 2.75) is 24.8 Å². The number of rotatable bonds is 8. The maximum Gasteiger partial charge on any atom is 0.298 e. The van der Waals surface area contributed by atoms with E-state index < -0.39 is 5.92 Å². The van der Waals surface area contributed by atoms with E-state index >= 15 is 8.78 Å². The molecule has 5 aromatic rings. The largest absolute Gasteiger partial charge is 0.332 e. The standard InChI is InChI=1S/C38H32F2N2/c1-37(28-12-5-13-29-37)42(35-18-10-4-11-19-35)36-26-22-31(23-27-36)38(39,40)30-20-24-34(25-21-30)41(32-14-6-2-7-15-32)33-16-8-3-9-17-33/h2-28H,29H2,1H3. The van der Waals surface area contributed by atoms with Crippen molar-refractivity contribution in [1.82, 2.24) is 0 Å². The van der Waals surface area contributed by atoms with Crippen molar-refractivity contribution >= 4 is 28.4 Å². The van der Waals surface area contributed by atoms with Gasteiger partial charge in [0.15, 0.2) is 0 Å². The van der Waals surface area contributed by atoms with Gasteiger partial charge in [-0.15, -0.1) is 0 Å². The molecule has 0 aliphatic heterocycles. The first-order valence-electron chi connectivity index (χ1n) is 14.1. The van der Waals surface area contributed by atoms with E-state index in [0.29, 0.717) is 0 Å². The summed E-state index contributed by atoms with van der Waals surface area (Å²) in [4.78, 5) is 4.27. The number of benzene rings is 5. The predicted molar refractivity (Wildman–Crippen MR) is 170 cm³/mol. The summed E-state index contributed by atoms with van der Waals surface area (Å²) in [5.41, 5.74) is 4.18. The topological polar surface area (TPSA) is 6.48 Å². The number of hydrogen-bond acceptors (Lipinski definition) is 2. The molecule has 0 radical (unpaired) electrons. The predicted octanol–water partition coefficient (Wildman–Crippen LogP) is 10.7. The van der Waals surface area contributed by atoms with Crippen molar-refractivity contribution in [3.63, 3.8) is 0 Å². The monoisotopic (exact) mass is 554 g/mol. The van der Waals surface area contributed by atoms with Gasteiger partial charge in [0.25, 0.3) is 5.92 Å². The lowest BCUT2D eigenvalue weighted by Gasteiger charge is -2.42. The third-order valence-corrected chi connectivity index (χ3v) is 7.76. The lowest BCUT2D eigenvalue weighted by molar-refractivity contribution is 0.0429. The first-order valence-corrected chi connectivity index (χ1v) is 14.1. The minimum Gasteiger partial charge on any atom is -0.332 e. The van der Waals surface area contributed by atoms with E-state index in [4.69, 9.17) is 0 Å². The summed E-state index contributed by atoms with van der Waals surface area (Å²) in [7, 11) is 0. The first kappa shape index (κ1) is 27.2. The summed E-state index contributed by atoms with van der Waals surface area (Å²) >= 11 is 0. The van der Waals surface area contributed by atoms with E-state index in [1.165, 1.54) is 12.1 Å². The van der Waals surface area contributed by atoms with E-state index in [1.807, 2.05) is 91.0 Å². The van der Waals surface area contributed by atoms with E-state index in [-0.39, 0.29) is 16.7 Å². The van der Waals surface area contributed by atoms with Crippen LogP contribution >= 0.6 is 0 Å². The number of halogens is 2. The molecule has 1 atom stereocenters. The van der Waals surface area contributed by atoms with E-state index in [9.17, 15) is 0 Å². The van der Waals surface area contributed by atoms with Crippen molar-refractivity contribution in [3.8, 4) is 0 Å². The summed E-state index contributed by atoms with van der Waals surface area (Å²) < 4.78 is 31.8. The van der Waals surface area contributed by atoms with Gasteiger partial charge in [0.1, 0.15) is 0 Å². The lowest BCUT2D eigenvalue weighted by Crippen LogP contribution is -2.42. The van der Waals surface area contributed by atoms with Gasteiger partial charge in [-0.1, -0.05) is 103 Å². The average molecular weight is 555 g/mol. The van der Waals surface area contributed by atoms with Crippen LogP contribution in [0.15, 0.2) is 164 Å². The normalized spacial score (nSPS) is 16.3. The van der Waals surface area contributed by atoms with Crippen LogP contribution in [0.25, 0.3) is 0 Å². The molecular weight excluding hydrogens is 522 g/mol. The highest BCUT2D eigenvalue weighted by Crippen LogP contribution is 2.42. The van der Waals surface area contributed by atoms with Crippen molar-refractivity contribution < 1.29 is 8.78 Å². The van der Waals surface area contributed by atoms with E-state index in [2.05, 4.69) is 41.0 Å². The zero-order valence-corrected chi connectivity index (χ0v) is 23.4. The van der Waals surface area contributed by atoms with Crippen molar-refractivity contribution in [2.24, 2.45) is 0 Å². The number of nitrogens with zero attached hydrogens (tertiary/aromatic N) is 2. The van der Waals surface area contributed by atoms with Gasteiger partial charge in [0.2, 0.25) is 0 Å². The van der Waals surface area contributed by atoms with Gasteiger partial charge in [0, 0.05) is 39.6 Å². The minimum absolute atomic E-state index is 0.0424. The van der Waals surface area contributed by atoms with Crippen LogP contribution in [0, 0.1) is 0 Å². The summed E-state index contributed by atoms with van der Waals surface area (Å²) in [6, 6.07) is 43.2. The quantitative estimate of drug-likeness (QED) is 0.188. The van der Waals surface area contributed by atoms with Crippen molar-refractivity contribution in [1.29, 1.82) is 0 Å². The van der Waals surface area contributed by atoms with Crippen LogP contribution in [0.5, 0.6) is 0 Å². The van der Waals surface area contributed by atoms with Gasteiger partial charge in [-0.25, -0.2) is 0 Å². The number of para-hydroxylation sites is 3. The highest BCUT2D eigenvalue weighted by atomic mass is 19.3. The Kier molecular flexibility index (Phi) is 7.45. The second-order valence-corrected chi connectivity index (χ2v) is 10.7. The zero-order valence-electron chi connectivity index (χ0n) is 23.4. The number of allylic oxidation sites excluding steroid dienone is 2. The molecule has 1 aliphatic rings. The van der Waals surface area contributed by atoms with Gasteiger partial charge >= 0.3 is 0 Å². The highest BCUT2D eigenvalue weighted by Gasteiger charge is 2.35. The van der Waals surface area contributed by atoms with Gasteiger partial charge in [-0.3, -0.25) is 0 Å². The Bertz CT molecular complexity index is 1620. The SMILES string of the molecule is CC1(N(c2ccccc2)c2ccc(C(F)(F)c3ccc(N(c4ccccc4)c4ccccc4)cc3)cc2)C=CC=CC1. The van der Waals surface area contributed by atoms with Crippen LogP contribution in [-0.4, -0.2) is 5.54 Å². The maximum absolute atomic E-state index is 15.9. The molecule has 4 heteroatoms. The van der Waals surface area contributed by atoms with Crippen molar-refractivity contribution in [3.05, 3.63) is 175 Å². The fourth-order valence-electron chi connectivity index (χ4n) is 5.61. The molecule has 0 saturated carbocycles. The molecule has 0 N–H and O–H groups in total. The number of anilines is 5. The Morgan fingerprint density at radius 1 is 0.524 bits per heavy atom. The van der Waals surface area contributed by atoms with Crippen LogP contribution in [0.3, 0.4) is 0 Å². The van der Waals surface area contributed by atoms with Crippen LogP contribution < -0.4 is 9.80 Å². The first-order chi connectivity index (χ1) is 20.5. The van der Waals surface area contributed by atoms with Crippen molar-refractivity contribution in [2.75, 3.05) is 9.80 Å². The van der Waals surface area contributed by atoms with Gasteiger partial charge < -0.3 is 9.80 Å². The molecule has 2 nitrogen and oxygen atoms in total. The third-order valence-electron chi connectivity index (χ3n) is 7.76. The summed E-state index contributed by atoms with van der Waals surface area (Å²) in [6.45, 7) is 2.16. The Morgan fingerprint density at radius 2 is 0.929 bits per heavy atom. The molecule has 0 aromatic heterocycles. The molecule has 1 unspecified atom stereocenters. The molecule has 0 spiro atoms. The number of alkyl halides is 2. The molecule has 0 bridgehead atoms. The second-order valence-electron chi connectivity index (χ2n) is 10.7. The smallest absolute Gasteiger partial charge is 0.298 e. The molecule has 5 aromatic carbocycles. The molecular formula is C38H32F2N2. The lowest BCUT2D eigenvalue weighted by atomic mass is 9.89. The van der Waals surface area contributed by atoms with Crippen LogP contribution in [0.2, 0.25) is 0 Å². The fraction of sp³-hybridized carbons (Fsp3) is 0.105. The number of hydrogen-bond donors (Lipinski definition) is 0. The molecule has 42 heavy (non-hydrogen) atoms. The Balaban J connectivity index is 1.30. The Hall–Kier alpha value is -4.96. The Morgan fingerprint density at radius 3 is 1.38 bits per heavy atom. The molecule has 208 valence electrons. The highest BCUT2D eigenvalue weighted by molar-refractivity contribution is 5.76. The second kappa shape index (κ2) is 11.5. The molecule has 0 saturated heterocycles. The zero-order chi connectivity index (χ0) is 29.0. The molecule has 0 fully saturated rings. The van der Waals surface area contributed by atoms with Gasteiger partial charge in [-0.2, -0.15) is 8.78 Å². The average Bonchev–Trinajstić information content (AvgIpc) is 3.04. The minimum atomic E-state index is -3.16. The van der Waals surface area contributed by atoms with Crippen LogP contribution in [0.4, 0.5) is 37.2 Å². The van der Waals surface area contributed by atoms with Crippen LogP contribution in [0.1, 0.15) is 24.5 Å². The summed E-state index contributed by atoms with van der Waals surface area (Å²) in [5.74, 6) is -3.16. The fourth-order valence-corrected chi connectivity index (χ4v) is 5.61. The Labute approximate surface area is 246 Å². The van der Waals surface area contributed by atoms with Gasteiger partial charge in [0.05, 0.1) is 5.54 Å². The summed E-state index contributed by atoms with van der Waals surface area (Å²) in [5, 5.41) is 0. The molecule has 0 amide bonds. The van der Waals surface area contributed by atoms with E-state index in [1.54, 1.807) is 36.4 Å². The third kappa shape index (κ3) is 5.36. The molecule has 6 rings (SSSR count). The molecule has 1 aliphatic carbocycles. The van der Waals surface area contributed by atoms with E-state index in [0.717, 1.165) is 34.9 Å². The van der Waals surface area contributed by atoms with Gasteiger partial charge in [-0.05, 0) is 74.0 Å². The summed E-state index contributed by atoms with van der Waals surface area (Å²) in [6.07, 6.45) is 9.20. The van der Waals surface area contributed by atoms with Crippen LogP contribution in [-0.2, 0) is 5.92 Å². The maximum atomic E-state index is 15.9.